The molecule has 0 fully saturated rings. The Balaban J connectivity index is 2.08. The van der Waals surface area contributed by atoms with Crippen LogP contribution in [-0.4, -0.2) is 21.3 Å². The minimum atomic E-state index is -0.430. The van der Waals surface area contributed by atoms with Gasteiger partial charge in [0.05, 0.1) is 6.54 Å². The van der Waals surface area contributed by atoms with Crippen molar-refractivity contribution < 1.29 is 9.18 Å². The summed E-state index contributed by atoms with van der Waals surface area (Å²) < 4.78 is 15.5. The van der Waals surface area contributed by atoms with Crippen molar-refractivity contribution in [3.63, 3.8) is 0 Å². The highest BCUT2D eigenvalue weighted by atomic mass is 35.5. The van der Waals surface area contributed by atoms with Crippen LogP contribution in [0, 0.1) is 5.82 Å². The van der Waals surface area contributed by atoms with Gasteiger partial charge in [-0.05, 0) is 29.8 Å². The highest BCUT2D eigenvalue weighted by Gasteiger charge is 2.17. The Morgan fingerprint density at radius 3 is 2.73 bits per heavy atom. The Bertz CT molecular complexity index is 832. The van der Waals surface area contributed by atoms with Crippen molar-refractivity contribution in [2.45, 2.75) is 6.54 Å². The number of nitrogens with zero attached hydrogens (tertiary/aromatic N) is 3. The van der Waals surface area contributed by atoms with E-state index in [1.807, 2.05) is 12.1 Å². The van der Waals surface area contributed by atoms with Gasteiger partial charge in [-0.25, -0.2) is 9.07 Å². The van der Waals surface area contributed by atoms with E-state index < -0.39 is 5.82 Å². The molecule has 0 aliphatic rings. The Labute approximate surface area is 131 Å². The zero-order valence-electron chi connectivity index (χ0n) is 11.4. The molecule has 1 heterocycles. The topological polar surface area (TPSA) is 47.8 Å². The minimum absolute atomic E-state index is 0.104. The van der Waals surface area contributed by atoms with Crippen LogP contribution in [0.1, 0.15) is 16.1 Å². The van der Waals surface area contributed by atoms with Crippen LogP contribution in [0.2, 0.25) is 5.02 Å². The fraction of sp³-hybridized carbons (Fsp3) is 0.0625. The summed E-state index contributed by atoms with van der Waals surface area (Å²) in [6.07, 6.45) is 0.573. The monoisotopic (exact) mass is 315 g/mol. The highest BCUT2D eigenvalue weighted by Crippen LogP contribution is 2.25. The zero-order valence-corrected chi connectivity index (χ0v) is 12.2. The van der Waals surface area contributed by atoms with E-state index in [1.54, 1.807) is 30.3 Å². The number of hydrogen-bond acceptors (Lipinski definition) is 3. The molecule has 1 aromatic heterocycles. The lowest BCUT2D eigenvalue weighted by atomic mass is 10.1. The maximum absolute atomic E-state index is 14.0. The van der Waals surface area contributed by atoms with Crippen LogP contribution in [0.4, 0.5) is 4.39 Å². The van der Waals surface area contributed by atoms with E-state index in [0.29, 0.717) is 23.5 Å². The molecule has 2 aromatic carbocycles. The number of carbonyl (C=O) groups is 1. The summed E-state index contributed by atoms with van der Waals surface area (Å²) >= 11 is 5.96. The lowest BCUT2D eigenvalue weighted by molar-refractivity contribution is 0.111. The third kappa shape index (κ3) is 2.76. The molecule has 0 N–H and O–H groups in total. The van der Waals surface area contributed by atoms with Crippen LogP contribution >= 0.6 is 11.6 Å². The fourth-order valence-electron chi connectivity index (χ4n) is 2.26. The predicted octanol–water partition coefficient (Wildman–Crippen LogP) is 3.60. The van der Waals surface area contributed by atoms with Crippen molar-refractivity contribution in [2.75, 3.05) is 0 Å². The molecule has 0 unspecified atom stereocenters. The van der Waals surface area contributed by atoms with Gasteiger partial charge in [0.1, 0.15) is 11.5 Å². The first-order chi connectivity index (χ1) is 10.7. The van der Waals surface area contributed by atoms with Gasteiger partial charge >= 0.3 is 0 Å². The average molecular weight is 316 g/mol. The van der Waals surface area contributed by atoms with Crippen LogP contribution in [0.15, 0.2) is 48.5 Å². The van der Waals surface area contributed by atoms with Gasteiger partial charge in [0, 0.05) is 10.6 Å². The molecule has 22 heavy (non-hydrogen) atoms. The Kier molecular flexibility index (Phi) is 3.98. The molecule has 0 amide bonds. The largest absolute Gasteiger partial charge is 0.296 e. The molecule has 0 radical (unpaired) electrons. The van der Waals surface area contributed by atoms with Gasteiger partial charge in [0.15, 0.2) is 12.0 Å². The van der Waals surface area contributed by atoms with Crippen LogP contribution < -0.4 is 0 Å². The zero-order chi connectivity index (χ0) is 15.5. The summed E-state index contributed by atoms with van der Waals surface area (Å²) in [5.74, 6) is -0.430. The van der Waals surface area contributed by atoms with Crippen molar-refractivity contribution in [2.24, 2.45) is 0 Å². The third-order valence-corrected chi connectivity index (χ3v) is 3.46. The van der Waals surface area contributed by atoms with Gasteiger partial charge in [0.25, 0.3) is 0 Å². The standard InChI is InChI=1S/C16H11ClFN3O/c17-12-5-3-4-11(8-12)9-21-16(15(10-22)19-20-21)13-6-1-2-7-14(13)18/h1-8,10H,9H2. The molecule has 0 atom stereocenters. The van der Waals surface area contributed by atoms with Crippen molar-refractivity contribution in [3.8, 4) is 11.3 Å². The first-order valence-corrected chi connectivity index (χ1v) is 6.95. The van der Waals surface area contributed by atoms with Gasteiger partial charge in [-0.15, -0.1) is 5.10 Å². The van der Waals surface area contributed by atoms with Crippen molar-refractivity contribution in [1.29, 1.82) is 0 Å². The summed E-state index contributed by atoms with van der Waals surface area (Å²) in [5.41, 5.74) is 1.63. The van der Waals surface area contributed by atoms with Crippen LogP contribution in [0.5, 0.6) is 0 Å². The number of aldehydes is 1. The Morgan fingerprint density at radius 2 is 2.00 bits per heavy atom. The third-order valence-electron chi connectivity index (χ3n) is 3.22. The van der Waals surface area contributed by atoms with Gasteiger partial charge in [-0.2, -0.15) is 0 Å². The number of carbonyl (C=O) groups excluding carboxylic acids is 1. The van der Waals surface area contributed by atoms with Gasteiger partial charge < -0.3 is 0 Å². The molecule has 0 bridgehead atoms. The number of halogens is 2. The molecule has 0 saturated heterocycles. The van der Waals surface area contributed by atoms with E-state index >= 15 is 0 Å². The molecule has 4 nitrogen and oxygen atoms in total. The first kappa shape index (κ1) is 14.4. The minimum Gasteiger partial charge on any atom is -0.296 e. The summed E-state index contributed by atoms with van der Waals surface area (Å²) in [6.45, 7) is 0.338. The number of rotatable bonds is 4. The lowest BCUT2D eigenvalue weighted by Gasteiger charge is -2.08. The highest BCUT2D eigenvalue weighted by molar-refractivity contribution is 6.30. The van der Waals surface area contributed by atoms with Gasteiger partial charge in [-0.3, -0.25) is 4.79 Å². The summed E-state index contributed by atoms with van der Waals surface area (Å²) in [6, 6.07) is 13.5. The number of hydrogen-bond donors (Lipinski definition) is 0. The van der Waals surface area contributed by atoms with Crippen molar-refractivity contribution in [1.82, 2.24) is 15.0 Å². The molecular formula is C16H11ClFN3O. The number of benzene rings is 2. The molecule has 110 valence electrons. The van der Waals surface area contributed by atoms with Crippen LogP contribution in [-0.2, 0) is 6.54 Å². The van der Waals surface area contributed by atoms with E-state index in [4.69, 9.17) is 11.6 Å². The lowest BCUT2D eigenvalue weighted by Crippen LogP contribution is -2.05. The molecule has 6 heteroatoms. The smallest absolute Gasteiger partial charge is 0.172 e. The summed E-state index contributed by atoms with van der Waals surface area (Å²) in [4.78, 5) is 11.2. The average Bonchev–Trinajstić information content (AvgIpc) is 2.90. The van der Waals surface area contributed by atoms with Gasteiger partial charge in [0.2, 0.25) is 0 Å². The van der Waals surface area contributed by atoms with E-state index in [2.05, 4.69) is 10.3 Å². The SMILES string of the molecule is O=Cc1nnn(Cc2cccc(Cl)c2)c1-c1ccccc1F. The molecule has 0 spiro atoms. The molecular weight excluding hydrogens is 305 g/mol. The quantitative estimate of drug-likeness (QED) is 0.691. The molecule has 0 saturated carbocycles. The second-order valence-corrected chi connectivity index (χ2v) is 5.14. The fourth-order valence-corrected chi connectivity index (χ4v) is 2.47. The van der Waals surface area contributed by atoms with Gasteiger partial charge in [-0.1, -0.05) is 41.1 Å². The Hall–Kier alpha value is -2.53. The van der Waals surface area contributed by atoms with Crippen molar-refractivity contribution in [3.05, 3.63) is 70.6 Å². The molecule has 0 aliphatic heterocycles. The molecule has 0 aliphatic carbocycles. The van der Waals surface area contributed by atoms with E-state index in [0.717, 1.165) is 5.56 Å². The van der Waals surface area contributed by atoms with Crippen LogP contribution in [0.3, 0.4) is 0 Å². The first-order valence-electron chi connectivity index (χ1n) is 6.57. The maximum Gasteiger partial charge on any atom is 0.172 e. The summed E-state index contributed by atoms with van der Waals surface area (Å²) in [5, 5.41) is 8.37. The molecule has 3 aromatic rings. The van der Waals surface area contributed by atoms with E-state index in [-0.39, 0.29) is 11.3 Å². The van der Waals surface area contributed by atoms with Crippen molar-refractivity contribution >= 4 is 17.9 Å². The number of aromatic nitrogens is 3. The second kappa shape index (κ2) is 6.07. The molecule has 3 rings (SSSR count). The Morgan fingerprint density at radius 1 is 1.18 bits per heavy atom. The van der Waals surface area contributed by atoms with E-state index in [9.17, 15) is 9.18 Å². The predicted molar refractivity (Wildman–Crippen MR) is 81.4 cm³/mol. The maximum atomic E-state index is 14.0. The second-order valence-electron chi connectivity index (χ2n) is 4.71. The van der Waals surface area contributed by atoms with Crippen LogP contribution in [0.25, 0.3) is 11.3 Å². The summed E-state index contributed by atoms with van der Waals surface area (Å²) in [7, 11) is 0. The van der Waals surface area contributed by atoms with E-state index in [1.165, 1.54) is 10.7 Å². The normalized spacial score (nSPS) is 10.6.